The van der Waals surface area contributed by atoms with Gasteiger partial charge in [-0.15, -0.1) is 0 Å². The quantitative estimate of drug-likeness (QED) is 0.753. The Morgan fingerprint density at radius 1 is 1.10 bits per heavy atom. The van der Waals surface area contributed by atoms with E-state index in [0.29, 0.717) is 31.9 Å². The molecule has 0 saturated carbocycles. The molecule has 1 aromatic carbocycles. The van der Waals surface area contributed by atoms with E-state index in [9.17, 15) is 14.0 Å². The first kappa shape index (κ1) is 21.7. The zero-order valence-electron chi connectivity index (χ0n) is 17.5. The molecule has 1 fully saturated rings. The Morgan fingerprint density at radius 2 is 1.80 bits per heavy atom. The third kappa shape index (κ3) is 6.25. The van der Waals surface area contributed by atoms with Gasteiger partial charge in [0.25, 0.3) is 0 Å². The Bertz CT molecular complexity index is 866. The number of nitrogens with one attached hydrogen (secondary N) is 1. The Morgan fingerprint density at radius 3 is 2.47 bits per heavy atom. The van der Waals surface area contributed by atoms with Gasteiger partial charge in [0.15, 0.2) is 0 Å². The molecular weight excluding hydrogens is 385 g/mol. The number of anilines is 2. The zero-order valence-corrected chi connectivity index (χ0v) is 17.5. The molecule has 0 bridgehead atoms. The van der Waals surface area contributed by atoms with Crippen molar-refractivity contribution in [3.63, 3.8) is 0 Å². The van der Waals surface area contributed by atoms with Crippen molar-refractivity contribution in [3.8, 4) is 0 Å². The summed E-state index contributed by atoms with van der Waals surface area (Å²) in [5, 5.41) is 2.77. The molecule has 2 amide bonds. The number of likely N-dealkylation sites (N-methyl/N-ethyl adjacent to an activating group) is 1. The van der Waals surface area contributed by atoms with Gasteiger partial charge < -0.3 is 15.1 Å². The lowest BCUT2D eigenvalue weighted by molar-refractivity contribution is -0.132. The van der Waals surface area contributed by atoms with Crippen LogP contribution in [0.15, 0.2) is 42.5 Å². The van der Waals surface area contributed by atoms with Gasteiger partial charge in [-0.25, -0.2) is 9.37 Å². The first-order chi connectivity index (χ1) is 14.4. The molecule has 1 aliphatic heterocycles. The summed E-state index contributed by atoms with van der Waals surface area (Å²) in [4.78, 5) is 34.8. The Kier molecular flexibility index (Phi) is 7.35. The summed E-state index contributed by atoms with van der Waals surface area (Å²) in [6.45, 7) is 5.29. The average molecular weight is 413 g/mol. The van der Waals surface area contributed by atoms with Crippen LogP contribution in [-0.4, -0.2) is 72.9 Å². The second-order valence-corrected chi connectivity index (χ2v) is 7.54. The van der Waals surface area contributed by atoms with Crippen LogP contribution in [0.25, 0.3) is 0 Å². The van der Waals surface area contributed by atoms with Crippen molar-refractivity contribution in [1.82, 2.24) is 14.8 Å². The topological polar surface area (TPSA) is 68.8 Å². The molecule has 0 spiro atoms. The number of pyridine rings is 1. The van der Waals surface area contributed by atoms with Crippen LogP contribution in [0.1, 0.15) is 12.1 Å². The fraction of sp³-hybridized carbons (Fsp3) is 0.409. The van der Waals surface area contributed by atoms with E-state index in [4.69, 9.17) is 0 Å². The fourth-order valence-electron chi connectivity index (χ4n) is 3.43. The minimum absolute atomic E-state index is 0.0846. The zero-order chi connectivity index (χ0) is 21.5. The summed E-state index contributed by atoms with van der Waals surface area (Å²) in [5.74, 6) is 0.210. The molecule has 2 heterocycles. The van der Waals surface area contributed by atoms with Gasteiger partial charge >= 0.3 is 0 Å². The summed E-state index contributed by atoms with van der Waals surface area (Å²) in [6.07, 6.45) is 0.364. The van der Waals surface area contributed by atoms with E-state index < -0.39 is 0 Å². The number of carbonyl (C=O) groups is 2. The highest BCUT2D eigenvalue weighted by Crippen LogP contribution is 2.17. The maximum Gasteiger partial charge on any atom is 0.239 e. The van der Waals surface area contributed by atoms with E-state index in [1.54, 1.807) is 18.2 Å². The Labute approximate surface area is 176 Å². The molecule has 0 radical (unpaired) electrons. The SMILES string of the molecule is Cc1cccc(NC(=O)CN(C)CCC(=O)N2CCN(c3ccc(F)cc3)CC2)n1. The predicted octanol–water partition coefficient (Wildman–Crippen LogP) is 2.14. The van der Waals surface area contributed by atoms with Gasteiger partial charge in [-0.2, -0.15) is 0 Å². The van der Waals surface area contributed by atoms with Crippen molar-refractivity contribution in [3.05, 3.63) is 54.0 Å². The molecule has 7 nitrogen and oxygen atoms in total. The van der Waals surface area contributed by atoms with Gasteiger partial charge in [0.2, 0.25) is 11.8 Å². The lowest BCUT2D eigenvalue weighted by Gasteiger charge is -2.36. The maximum absolute atomic E-state index is 13.1. The number of piperazine rings is 1. The van der Waals surface area contributed by atoms with Crippen molar-refractivity contribution < 1.29 is 14.0 Å². The van der Waals surface area contributed by atoms with Gasteiger partial charge in [-0.1, -0.05) is 6.07 Å². The number of halogens is 1. The van der Waals surface area contributed by atoms with Crippen LogP contribution >= 0.6 is 0 Å². The molecule has 1 N–H and O–H groups in total. The first-order valence-electron chi connectivity index (χ1n) is 10.1. The minimum atomic E-state index is -0.250. The number of rotatable bonds is 7. The molecule has 3 rings (SSSR count). The number of nitrogens with zero attached hydrogens (tertiary/aromatic N) is 4. The van der Waals surface area contributed by atoms with Gasteiger partial charge in [-0.3, -0.25) is 14.5 Å². The third-order valence-electron chi connectivity index (χ3n) is 5.10. The van der Waals surface area contributed by atoms with E-state index in [1.807, 2.05) is 35.9 Å². The number of benzene rings is 1. The molecule has 0 aliphatic carbocycles. The Hall–Kier alpha value is -3.00. The molecule has 160 valence electrons. The summed E-state index contributed by atoms with van der Waals surface area (Å²) in [7, 11) is 1.82. The monoisotopic (exact) mass is 413 g/mol. The van der Waals surface area contributed by atoms with E-state index in [1.165, 1.54) is 12.1 Å². The van der Waals surface area contributed by atoms with Crippen molar-refractivity contribution in [1.29, 1.82) is 0 Å². The van der Waals surface area contributed by atoms with Crippen molar-refractivity contribution in [2.45, 2.75) is 13.3 Å². The van der Waals surface area contributed by atoms with Crippen LogP contribution < -0.4 is 10.2 Å². The summed E-state index contributed by atoms with van der Waals surface area (Å²) >= 11 is 0. The fourth-order valence-corrected chi connectivity index (χ4v) is 3.43. The molecule has 8 heteroatoms. The smallest absolute Gasteiger partial charge is 0.239 e. The van der Waals surface area contributed by atoms with Gasteiger partial charge in [0, 0.05) is 50.5 Å². The second-order valence-electron chi connectivity index (χ2n) is 7.54. The maximum atomic E-state index is 13.1. The summed E-state index contributed by atoms with van der Waals surface area (Å²) in [6, 6.07) is 11.9. The molecule has 2 aromatic rings. The second kappa shape index (κ2) is 10.2. The highest BCUT2D eigenvalue weighted by atomic mass is 19.1. The normalized spacial score (nSPS) is 14.1. The van der Waals surface area contributed by atoms with Crippen molar-refractivity contribution >= 4 is 23.3 Å². The van der Waals surface area contributed by atoms with Crippen LogP contribution in [0.4, 0.5) is 15.9 Å². The number of carbonyl (C=O) groups excluding carboxylic acids is 2. The van der Waals surface area contributed by atoms with Gasteiger partial charge in [-0.05, 0) is 50.4 Å². The number of aryl methyl sites for hydroxylation is 1. The van der Waals surface area contributed by atoms with Crippen LogP contribution in [-0.2, 0) is 9.59 Å². The number of amides is 2. The standard InChI is InChI=1S/C22H28FN5O2/c1-17-4-3-5-20(24-17)25-21(29)16-26(2)11-10-22(30)28-14-12-27(13-15-28)19-8-6-18(23)7-9-19/h3-9H,10-16H2,1-2H3,(H,24,25,29). The molecule has 0 unspecified atom stereocenters. The molecule has 1 aliphatic rings. The predicted molar refractivity (Wildman–Crippen MR) is 115 cm³/mol. The molecular formula is C22H28FN5O2. The number of hydrogen-bond donors (Lipinski definition) is 1. The van der Waals surface area contributed by atoms with Crippen LogP contribution in [0.2, 0.25) is 0 Å². The van der Waals surface area contributed by atoms with E-state index in [2.05, 4.69) is 15.2 Å². The lowest BCUT2D eigenvalue weighted by atomic mass is 10.2. The lowest BCUT2D eigenvalue weighted by Crippen LogP contribution is -2.49. The third-order valence-corrected chi connectivity index (χ3v) is 5.10. The van der Waals surface area contributed by atoms with Gasteiger partial charge in [0.05, 0.1) is 6.54 Å². The van der Waals surface area contributed by atoms with Crippen LogP contribution in [0.3, 0.4) is 0 Å². The van der Waals surface area contributed by atoms with Gasteiger partial charge in [0.1, 0.15) is 11.6 Å². The first-order valence-corrected chi connectivity index (χ1v) is 10.1. The summed E-state index contributed by atoms with van der Waals surface area (Å²) < 4.78 is 13.1. The largest absolute Gasteiger partial charge is 0.368 e. The number of hydrogen-bond acceptors (Lipinski definition) is 5. The highest BCUT2D eigenvalue weighted by molar-refractivity contribution is 5.91. The minimum Gasteiger partial charge on any atom is -0.368 e. The number of aromatic nitrogens is 1. The van der Waals surface area contributed by atoms with E-state index in [-0.39, 0.29) is 24.2 Å². The molecule has 1 aromatic heterocycles. The van der Waals surface area contributed by atoms with E-state index in [0.717, 1.165) is 24.5 Å². The average Bonchev–Trinajstić information content (AvgIpc) is 2.72. The van der Waals surface area contributed by atoms with Crippen molar-refractivity contribution in [2.24, 2.45) is 0 Å². The van der Waals surface area contributed by atoms with Crippen molar-refractivity contribution in [2.75, 3.05) is 56.5 Å². The molecule has 1 saturated heterocycles. The van der Waals surface area contributed by atoms with E-state index >= 15 is 0 Å². The van der Waals surface area contributed by atoms with Crippen LogP contribution in [0, 0.1) is 12.7 Å². The Balaban J connectivity index is 1.38. The van der Waals surface area contributed by atoms with Crippen LogP contribution in [0.5, 0.6) is 0 Å². The molecule has 30 heavy (non-hydrogen) atoms. The molecule has 0 atom stereocenters. The highest BCUT2D eigenvalue weighted by Gasteiger charge is 2.21. The summed E-state index contributed by atoms with van der Waals surface area (Å²) in [5.41, 5.74) is 1.81.